The van der Waals surface area contributed by atoms with Crippen LogP contribution in [0.1, 0.15) is 36.0 Å². The van der Waals surface area contributed by atoms with E-state index in [0.29, 0.717) is 11.7 Å². The molecule has 0 unspecified atom stereocenters. The van der Waals surface area contributed by atoms with Crippen LogP contribution in [0, 0.1) is 0 Å². The van der Waals surface area contributed by atoms with Crippen LogP contribution >= 0.6 is 11.3 Å². The van der Waals surface area contributed by atoms with Crippen LogP contribution in [0.3, 0.4) is 0 Å². The van der Waals surface area contributed by atoms with Crippen molar-refractivity contribution in [2.75, 3.05) is 0 Å². The van der Waals surface area contributed by atoms with Gasteiger partial charge in [0.2, 0.25) is 5.89 Å². The zero-order valence-electron chi connectivity index (χ0n) is 8.93. The highest BCUT2D eigenvalue weighted by Crippen LogP contribution is 2.29. The van der Waals surface area contributed by atoms with Gasteiger partial charge in [0.05, 0.1) is 4.88 Å². The van der Waals surface area contributed by atoms with Gasteiger partial charge in [-0.3, -0.25) is 0 Å². The minimum absolute atomic E-state index is 0.00677. The van der Waals surface area contributed by atoms with Crippen molar-refractivity contribution >= 4 is 17.3 Å². The summed E-state index contributed by atoms with van der Waals surface area (Å²) in [6.07, 6.45) is 0. The van der Waals surface area contributed by atoms with Gasteiger partial charge in [-0.15, -0.1) is 11.3 Å². The first-order chi connectivity index (χ1) is 7.59. The molecule has 2 aromatic rings. The first kappa shape index (κ1) is 10.9. The number of carboxylic acid groups (broad SMARTS) is 1. The van der Waals surface area contributed by atoms with Gasteiger partial charge in [-0.2, -0.15) is 0 Å². The molecule has 0 bridgehead atoms. The Bertz CT molecular complexity index is 499. The Kier molecular flexibility index (Phi) is 2.78. The Balaban J connectivity index is 2.51. The van der Waals surface area contributed by atoms with Crippen LogP contribution in [0.2, 0.25) is 0 Å². The summed E-state index contributed by atoms with van der Waals surface area (Å²) in [4.78, 5) is 15.8. The van der Waals surface area contributed by atoms with Crippen LogP contribution in [-0.2, 0) is 0 Å². The summed E-state index contributed by atoms with van der Waals surface area (Å²) in [5, 5.41) is 10.9. The number of hydrogen-bond acceptors (Lipinski definition) is 4. The van der Waals surface area contributed by atoms with Gasteiger partial charge in [0.25, 0.3) is 0 Å². The summed E-state index contributed by atoms with van der Waals surface area (Å²) >= 11 is 1.47. The number of carbonyl (C=O) groups is 1. The zero-order valence-corrected chi connectivity index (χ0v) is 9.75. The van der Waals surface area contributed by atoms with Gasteiger partial charge in [-0.25, -0.2) is 9.78 Å². The van der Waals surface area contributed by atoms with E-state index in [1.807, 2.05) is 31.4 Å². The molecule has 0 aromatic carbocycles. The van der Waals surface area contributed by atoms with Crippen LogP contribution in [0.5, 0.6) is 0 Å². The number of oxazole rings is 1. The molecule has 84 valence electrons. The highest BCUT2D eigenvalue weighted by Gasteiger charge is 2.22. The number of thiophene rings is 1. The average molecular weight is 237 g/mol. The molecule has 0 saturated carbocycles. The van der Waals surface area contributed by atoms with Crippen LogP contribution in [0.25, 0.3) is 10.8 Å². The molecule has 0 radical (unpaired) electrons. The molecule has 2 aromatic heterocycles. The Morgan fingerprint density at radius 1 is 1.56 bits per heavy atom. The molecular weight excluding hydrogens is 226 g/mol. The van der Waals surface area contributed by atoms with Crippen molar-refractivity contribution in [2.24, 2.45) is 0 Å². The minimum atomic E-state index is -1.05. The lowest BCUT2D eigenvalue weighted by Crippen LogP contribution is -2.02. The third-order valence-corrected chi connectivity index (χ3v) is 2.97. The SMILES string of the molecule is CC(C)c1oc(-c2cccs2)nc1C(=O)O. The molecule has 0 aliphatic carbocycles. The number of aromatic carboxylic acids is 1. The topological polar surface area (TPSA) is 63.3 Å². The van der Waals surface area contributed by atoms with Crippen LogP contribution in [0.4, 0.5) is 0 Å². The maximum absolute atomic E-state index is 11.0. The summed E-state index contributed by atoms with van der Waals surface area (Å²) in [6.45, 7) is 3.76. The third kappa shape index (κ3) is 1.86. The molecule has 1 N–H and O–H groups in total. The lowest BCUT2D eigenvalue weighted by molar-refractivity contribution is 0.0688. The number of nitrogens with zero attached hydrogens (tertiary/aromatic N) is 1. The molecule has 16 heavy (non-hydrogen) atoms. The molecule has 5 heteroatoms. The average Bonchev–Trinajstić information content (AvgIpc) is 2.86. The monoisotopic (exact) mass is 237 g/mol. The highest BCUT2D eigenvalue weighted by atomic mass is 32.1. The number of carboxylic acids is 1. The Labute approximate surface area is 96.6 Å². The first-order valence-corrected chi connectivity index (χ1v) is 5.75. The predicted octanol–water partition coefficient (Wildman–Crippen LogP) is 3.22. The quantitative estimate of drug-likeness (QED) is 0.890. The van der Waals surface area contributed by atoms with Gasteiger partial charge in [-0.1, -0.05) is 19.9 Å². The predicted molar refractivity (Wildman–Crippen MR) is 60.9 cm³/mol. The van der Waals surface area contributed by atoms with Crippen molar-refractivity contribution in [3.63, 3.8) is 0 Å². The lowest BCUT2D eigenvalue weighted by atomic mass is 10.1. The van der Waals surface area contributed by atoms with E-state index in [9.17, 15) is 4.79 Å². The molecule has 2 rings (SSSR count). The van der Waals surface area contributed by atoms with E-state index < -0.39 is 5.97 Å². The maximum Gasteiger partial charge on any atom is 0.358 e. The number of aromatic nitrogens is 1. The summed E-state index contributed by atoms with van der Waals surface area (Å²) in [5.41, 5.74) is 0.0124. The molecule has 0 aliphatic rings. The normalized spacial score (nSPS) is 10.9. The highest BCUT2D eigenvalue weighted by molar-refractivity contribution is 7.13. The molecule has 0 spiro atoms. The van der Waals surface area contributed by atoms with Crippen molar-refractivity contribution in [1.82, 2.24) is 4.98 Å². The molecule has 0 amide bonds. The van der Waals surface area contributed by atoms with Gasteiger partial charge in [0.1, 0.15) is 5.76 Å². The third-order valence-electron chi connectivity index (χ3n) is 2.11. The van der Waals surface area contributed by atoms with Gasteiger partial charge in [0, 0.05) is 5.92 Å². The Morgan fingerprint density at radius 3 is 2.75 bits per heavy atom. The van der Waals surface area contributed by atoms with E-state index in [1.54, 1.807) is 0 Å². The second-order valence-corrected chi connectivity index (χ2v) is 4.62. The van der Waals surface area contributed by atoms with Crippen LogP contribution in [0.15, 0.2) is 21.9 Å². The van der Waals surface area contributed by atoms with E-state index in [4.69, 9.17) is 9.52 Å². The van der Waals surface area contributed by atoms with E-state index in [2.05, 4.69) is 4.98 Å². The number of hydrogen-bond donors (Lipinski definition) is 1. The van der Waals surface area contributed by atoms with Crippen molar-refractivity contribution in [3.05, 3.63) is 29.0 Å². The second kappa shape index (κ2) is 4.09. The first-order valence-electron chi connectivity index (χ1n) is 4.87. The standard InChI is InChI=1S/C11H11NO3S/c1-6(2)9-8(11(13)14)12-10(15-9)7-4-3-5-16-7/h3-6H,1-2H3,(H,13,14). The van der Waals surface area contributed by atoms with Crippen LogP contribution in [-0.4, -0.2) is 16.1 Å². The minimum Gasteiger partial charge on any atom is -0.476 e. The summed E-state index contributed by atoms with van der Waals surface area (Å²) < 4.78 is 5.50. The van der Waals surface area contributed by atoms with Crippen LogP contribution < -0.4 is 0 Å². The van der Waals surface area contributed by atoms with Gasteiger partial charge in [0.15, 0.2) is 5.69 Å². The summed E-state index contributed by atoms with van der Waals surface area (Å²) in [5.74, 6) is -0.227. The largest absolute Gasteiger partial charge is 0.476 e. The van der Waals surface area contributed by atoms with E-state index >= 15 is 0 Å². The van der Waals surface area contributed by atoms with Crippen molar-refractivity contribution < 1.29 is 14.3 Å². The molecule has 0 atom stereocenters. The molecule has 4 nitrogen and oxygen atoms in total. The van der Waals surface area contributed by atoms with E-state index in [0.717, 1.165) is 4.88 Å². The Hall–Kier alpha value is -1.62. The van der Waals surface area contributed by atoms with Gasteiger partial charge < -0.3 is 9.52 Å². The molecule has 0 saturated heterocycles. The maximum atomic E-state index is 11.0. The van der Waals surface area contributed by atoms with Crippen molar-refractivity contribution in [3.8, 4) is 10.8 Å². The van der Waals surface area contributed by atoms with E-state index in [1.165, 1.54) is 11.3 Å². The fraction of sp³-hybridized carbons (Fsp3) is 0.273. The van der Waals surface area contributed by atoms with Gasteiger partial charge in [-0.05, 0) is 11.4 Å². The second-order valence-electron chi connectivity index (χ2n) is 3.67. The Morgan fingerprint density at radius 2 is 2.31 bits per heavy atom. The molecule has 0 aliphatic heterocycles. The number of rotatable bonds is 3. The lowest BCUT2D eigenvalue weighted by Gasteiger charge is -1.98. The summed E-state index contributed by atoms with van der Waals surface area (Å²) in [6, 6.07) is 3.73. The van der Waals surface area contributed by atoms with Gasteiger partial charge >= 0.3 is 5.97 Å². The van der Waals surface area contributed by atoms with Crippen molar-refractivity contribution in [1.29, 1.82) is 0 Å². The molecule has 0 fully saturated rings. The molecular formula is C11H11NO3S. The fourth-order valence-corrected chi connectivity index (χ4v) is 2.03. The van der Waals surface area contributed by atoms with E-state index in [-0.39, 0.29) is 11.6 Å². The molecule has 2 heterocycles. The smallest absolute Gasteiger partial charge is 0.358 e. The zero-order chi connectivity index (χ0) is 11.7. The van der Waals surface area contributed by atoms with Crippen molar-refractivity contribution in [2.45, 2.75) is 19.8 Å². The summed E-state index contributed by atoms with van der Waals surface area (Å²) in [7, 11) is 0. The fourth-order valence-electron chi connectivity index (χ4n) is 1.38.